The summed E-state index contributed by atoms with van der Waals surface area (Å²) in [5, 5.41) is 6.98. The third kappa shape index (κ3) is 3.08. The summed E-state index contributed by atoms with van der Waals surface area (Å²) in [5.41, 5.74) is 4.95. The lowest BCUT2D eigenvalue weighted by atomic mass is 9.90. The maximum absolute atomic E-state index is 12.9. The van der Waals surface area contributed by atoms with E-state index in [1.54, 1.807) is 6.20 Å². The van der Waals surface area contributed by atoms with Crippen molar-refractivity contribution in [1.29, 1.82) is 0 Å². The Labute approximate surface area is 142 Å². The van der Waals surface area contributed by atoms with Crippen LogP contribution in [0.25, 0.3) is 0 Å². The molecule has 2 heterocycles. The zero-order valence-electron chi connectivity index (χ0n) is 13.8. The quantitative estimate of drug-likeness (QED) is 0.943. The molecule has 24 heavy (non-hydrogen) atoms. The fraction of sp³-hybridized carbons (Fsp3) is 0.474. The van der Waals surface area contributed by atoms with E-state index in [9.17, 15) is 4.79 Å². The van der Waals surface area contributed by atoms with Crippen molar-refractivity contribution in [2.24, 2.45) is 0 Å². The van der Waals surface area contributed by atoms with Gasteiger partial charge in [0.15, 0.2) is 0 Å². The standard InChI is InChI=1S/C19H23N3O2/c23-19(12-14-5-6-15-3-1-2-4-16(15)11-14)22-9-10-24-13-18(22)17-7-8-20-21-17/h5-8,11,18H,1-4,9-10,12-13H2,(H,20,21)/t18-/m0/s1. The zero-order chi connectivity index (χ0) is 16.4. The van der Waals surface area contributed by atoms with Crippen LogP contribution in [0.2, 0.25) is 0 Å². The molecule has 1 aromatic carbocycles. The average molecular weight is 325 g/mol. The summed E-state index contributed by atoms with van der Waals surface area (Å²) < 4.78 is 5.57. The Morgan fingerprint density at radius 2 is 2.12 bits per heavy atom. The summed E-state index contributed by atoms with van der Waals surface area (Å²) in [6.07, 6.45) is 7.04. The Morgan fingerprint density at radius 3 is 2.96 bits per heavy atom. The molecule has 1 atom stereocenters. The molecular formula is C19H23N3O2. The van der Waals surface area contributed by atoms with Gasteiger partial charge in [-0.05, 0) is 48.4 Å². The van der Waals surface area contributed by atoms with Gasteiger partial charge in [-0.2, -0.15) is 5.10 Å². The minimum Gasteiger partial charge on any atom is -0.377 e. The van der Waals surface area contributed by atoms with Crippen LogP contribution in [-0.4, -0.2) is 40.8 Å². The van der Waals surface area contributed by atoms with Gasteiger partial charge in [-0.3, -0.25) is 9.89 Å². The third-order valence-corrected chi connectivity index (χ3v) is 5.10. The highest BCUT2D eigenvalue weighted by Crippen LogP contribution is 2.25. The largest absolute Gasteiger partial charge is 0.377 e. The highest BCUT2D eigenvalue weighted by Gasteiger charge is 2.29. The van der Waals surface area contributed by atoms with Gasteiger partial charge in [0.2, 0.25) is 5.91 Å². The number of benzene rings is 1. The van der Waals surface area contributed by atoms with E-state index in [0.29, 0.717) is 26.2 Å². The van der Waals surface area contributed by atoms with Crippen molar-refractivity contribution in [2.75, 3.05) is 19.8 Å². The molecule has 1 aliphatic heterocycles. The van der Waals surface area contributed by atoms with Crippen molar-refractivity contribution < 1.29 is 9.53 Å². The smallest absolute Gasteiger partial charge is 0.227 e. The van der Waals surface area contributed by atoms with E-state index >= 15 is 0 Å². The van der Waals surface area contributed by atoms with Gasteiger partial charge in [0.05, 0.1) is 31.4 Å². The average Bonchev–Trinajstić information content (AvgIpc) is 3.16. The van der Waals surface area contributed by atoms with E-state index in [1.807, 2.05) is 11.0 Å². The van der Waals surface area contributed by atoms with E-state index in [1.165, 1.54) is 30.4 Å². The highest BCUT2D eigenvalue weighted by molar-refractivity contribution is 5.79. The number of hydrogen-bond acceptors (Lipinski definition) is 3. The second-order valence-electron chi connectivity index (χ2n) is 6.68. The molecular weight excluding hydrogens is 302 g/mol. The van der Waals surface area contributed by atoms with Gasteiger partial charge in [-0.15, -0.1) is 0 Å². The van der Waals surface area contributed by atoms with Crippen LogP contribution in [0.1, 0.15) is 41.3 Å². The number of nitrogens with one attached hydrogen (secondary N) is 1. The highest BCUT2D eigenvalue weighted by atomic mass is 16.5. The van der Waals surface area contributed by atoms with Gasteiger partial charge in [0.25, 0.3) is 0 Å². The van der Waals surface area contributed by atoms with Crippen molar-refractivity contribution in [2.45, 2.75) is 38.1 Å². The van der Waals surface area contributed by atoms with Crippen molar-refractivity contribution >= 4 is 5.91 Å². The number of aromatic amines is 1. The van der Waals surface area contributed by atoms with E-state index in [4.69, 9.17) is 4.74 Å². The van der Waals surface area contributed by atoms with E-state index < -0.39 is 0 Å². The zero-order valence-corrected chi connectivity index (χ0v) is 13.8. The van der Waals surface area contributed by atoms with Gasteiger partial charge >= 0.3 is 0 Å². The van der Waals surface area contributed by atoms with Crippen LogP contribution in [0.4, 0.5) is 0 Å². The monoisotopic (exact) mass is 325 g/mol. The normalized spacial score (nSPS) is 20.7. The second-order valence-corrected chi connectivity index (χ2v) is 6.68. The number of amides is 1. The Bertz CT molecular complexity index is 711. The molecule has 0 radical (unpaired) electrons. The summed E-state index contributed by atoms with van der Waals surface area (Å²) in [4.78, 5) is 14.8. The molecule has 2 aromatic rings. The molecule has 2 aliphatic rings. The lowest BCUT2D eigenvalue weighted by Gasteiger charge is -2.35. The van der Waals surface area contributed by atoms with Crippen molar-refractivity contribution in [3.8, 4) is 0 Å². The number of nitrogens with zero attached hydrogens (tertiary/aromatic N) is 2. The van der Waals surface area contributed by atoms with E-state index in [-0.39, 0.29) is 11.9 Å². The van der Waals surface area contributed by atoms with E-state index in [0.717, 1.165) is 17.7 Å². The number of fused-ring (bicyclic) bond motifs is 1. The molecule has 1 saturated heterocycles. The number of morpholine rings is 1. The minimum atomic E-state index is -0.0635. The van der Waals surface area contributed by atoms with Crippen LogP contribution in [0.15, 0.2) is 30.5 Å². The molecule has 1 fully saturated rings. The first-order valence-electron chi connectivity index (χ1n) is 8.78. The van der Waals surface area contributed by atoms with Crippen LogP contribution in [0, 0.1) is 0 Å². The number of H-pyrrole nitrogens is 1. The number of aromatic nitrogens is 2. The molecule has 1 amide bonds. The summed E-state index contributed by atoms with van der Waals surface area (Å²) in [6.45, 7) is 1.76. The SMILES string of the molecule is O=C(Cc1ccc2c(c1)CCCC2)N1CCOC[C@H]1c1ccn[nH]1. The molecule has 0 saturated carbocycles. The lowest BCUT2D eigenvalue weighted by molar-refractivity contribution is -0.139. The number of carbonyl (C=O) groups is 1. The van der Waals surface area contributed by atoms with Crippen molar-refractivity contribution in [3.63, 3.8) is 0 Å². The predicted octanol–water partition coefficient (Wildman–Crippen LogP) is 2.43. The van der Waals surface area contributed by atoms with Crippen LogP contribution in [0.5, 0.6) is 0 Å². The Hall–Kier alpha value is -2.14. The van der Waals surface area contributed by atoms with Crippen molar-refractivity contribution in [3.05, 3.63) is 52.8 Å². The third-order valence-electron chi connectivity index (χ3n) is 5.10. The van der Waals surface area contributed by atoms with Gasteiger partial charge in [-0.25, -0.2) is 0 Å². The Morgan fingerprint density at radius 1 is 1.25 bits per heavy atom. The second kappa shape index (κ2) is 6.77. The number of ether oxygens (including phenoxy) is 1. The summed E-state index contributed by atoms with van der Waals surface area (Å²) in [5.74, 6) is 0.161. The molecule has 126 valence electrons. The number of rotatable bonds is 3. The molecule has 5 nitrogen and oxygen atoms in total. The molecule has 0 bridgehead atoms. The maximum atomic E-state index is 12.9. The molecule has 5 heteroatoms. The van der Waals surface area contributed by atoms with Gasteiger partial charge in [0, 0.05) is 12.7 Å². The molecule has 0 spiro atoms. The molecule has 1 aliphatic carbocycles. The van der Waals surface area contributed by atoms with Crippen LogP contribution >= 0.6 is 0 Å². The van der Waals surface area contributed by atoms with Gasteiger partial charge < -0.3 is 9.64 Å². The van der Waals surface area contributed by atoms with Crippen LogP contribution in [-0.2, 0) is 28.8 Å². The summed E-state index contributed by atoms with van der Waals surface area (Å²) in [7, 11) is 0. The fourth-order valence-electron chi connectivity index (χ4n) is 3.78. The molecule has 4 rings (SSSR count). The first kappa shape index (κ1) is 15.4. The number of hydrogen-bond donors (Lipinski definition) is 1. The topological polar surface area (TPSA) is 58.2 Å². The van der Waals surface area contributed by atoms with Crippen LogP contribution < -0.4 is 0 Å². The molecule has 1 aromatic heterocycles. The number of aryl methyl sites for hydroxylation is 2. The van der Waals surface area contributed by atoms with E-state index in [2.05, 4.69) is 28.4 Å². The first-order chi connectivity index (χ1) is 11.8. The Balaban J connectivity index is 1.50. The minimum absolute atomic E-state index is 0.0635. The van der Waals surface area contributed by atoms with Gasteiger partial charge in [0.1, 0.15) is 0 Å². The Kier molecular flexibility index (Phi) is 4.34. The maximum Gasteiger partial charge on any atom is 0.227 e. The lowest BCUT2D eigenvalue weighted by Crippen LogP contribution is -2.44. The number of carbonyl (C=O) groups excluding carboxylic acids is 1. The fourth-order valence-corrected chi connectivity index (χ4v) is 3.78. The molecule has 0 unspecified atom stereocenters. The summed E-state index contributed by atoms with van der Waals surface area (Å²) in [6, 6.07) is 8.42. The summed E-state index contributed by atoms with van der Waals surface area (Å²) >= 11 is 0. The van der Waals surface area contributed by atoms with Gasteiger partial charge in [-0.1, -0.05) is 18.2 Å². The molecule has 1 N–H and O–H groups in total. The van der Waals surface area contributed by atoms with Crippen molar-refractivity contribution in [1.82, 2.24) is 15.1 Å². The predicted molar refractivity (Wildman–Crippen MR) is 90.6 cm³/mol. The van der Waals surface area contributed by atoms with Crippen LogP contribution in [0.3, 0.4) is 0 Å². The first-order valence-corrected chi connectivity index (χ1v) is 8.78.